The van der Waals surface area contributed by atoms with Gasteiger partial charge in [0.05, 0.1) is 11.3 Å². The maximum Gasteiger partial charge on any atom is 0.256 e. The van der Waals surface area contributed by atoms with Gasteiger partial charge in [0.2, 0.25) is 0 Å². The number of aromatic nitrogens is 1. The number of carbonyl (C=O) groups excluding carboxylic acids is 1. The first-order chi connectivity index (χ1) is 14.5. The maximum atomic E-state index is 13.1. The number of fused-ring (bicyclic) bond motifs is 1. The molecule has 3 heterocycles. The second kappa shape index (κ2) is 8.87. The van der Waals surface area contributed by atoms with E-state index < -0.39 is 0 Å². The van der Waals surface area contributed by atoms with Crippen molar-refractivity contribution in [2.75, 3.05) is 50.7 Å². The van der Waals surface area contributed by atoms with Crippen LogP contribution in [-0.4, -0.2) is 77.0 Å². The number of nitrogens with zero attached hydrogens (tertiary/aromatic N) is 5. The number of aryl methyl sites for hydroxylation is 1. The van der Waals surface area contributed by atoms with Gasteiger partial charge in [-0.25, -0.2) is 4.39 Å². The van der Waals surface area contributed by atoms with E-state index in [2.05, 4.69) is 15.0 Å². The van der Waals surface area contributed by atoms with Gasteiger partial charge in [-0.1, -0.05) is 5.16 Å². The molecule has 30 heavy (non-hydrogen) atoms. The molecule has 2 aromatic rings. The van der Waals surface area contributed by atoms with Crippen molar-refractivity contribution >= 4 is 17.3 Å². The lowest BCUT2D eigenvalue weighted by Gasteiger charge is -2.36. The van der Waals surface area contributed by atoms with Crippen LogP contribution in [0, 0.1) is 5.82 Å². The third-order valence-electron chi connectivity index (χ3n) is 5.99. The molecule has 0 radical (unpaired) electrons. The van der Waals surface area contributed by atoms with Crippen molar-refractivity contribution in [3.05, 3.63) is 53.6 Å². The summed E-state index contributed by atoms with van der Waals surface area (Å²) in [6, 6.07) is 6.67. The van der Waals surface area contributed by atoms with Crippen LogP contribution in [0.15, 0.2) is 41.8 Å². The van der Waals surface area contributed by atoms with Crippen molar-refractivity contribution in [3.8, 4) is 0 Å². The van der Waals surface area contributed by atoms with Crippen molar-refractivity contribution in [1.82, 2.24) is 14.4 Å². The monoisotopic (exact) mass is 413 g/mol. The molecule has 0 aliphatic carbocycles. The predicted octanol–water partition coefficient (Wildman–Crippen LogP) is 2.40. The Bertz CT molecular complexity index is 916. The normalized spacial score (nSPS) is 19.3. The van der Waals surface area contributed by atoms with E-state index in [-0.39, 0.29) is 11.7 Å². The minimum atomic E-state index is -0.208. The van der Waals surface area contributed by atoms with E-state index in [4.69, 9.17) is 0 Å². The summed E-state index contributed by atoms with van der Waals surface area (Å²) in [4.78, 5) is 19.5. The zero-order valence-electron chi connectivity index (χ0n) is 17.3. The van der Waals surface area contributed by atoms with Gasteiger partial charge in [-0.2, -0.15) is 0 Å². The molecule has 2 aliphatic rings. The number of hydrogen-bond donors (Lipinski definition) is 1. The predicted molar refractivity (Wildman–Crippen MR) is 114 cm³/mol. The highest BCUT2D eigenvalue weighted by Gasteiger charge is 2.27. The molecule has 0 unspecified atom stereocenters. The van der Waals surface area contributed by atoms with Crippen LogP contribution in [0.3, 0.4) is 0 Å². The molecular weight excluding hydrogens is 385 g/mol. The molecule has 1 amide bonds. The standard InChI is InChI=1S/C22H28FN5O2/c1-25-15-19-20(16-25)22(29)28(10-7-21(19)24-30)9-2-8-26-11-13-27(14-12-26)18-5-3-17(23)4-6-18/h3-6,15-16,30H,2,7-14H2,1H3/b24-21+. The minimum Gasteiger partial charge on any atom is -0.411 e. The summed E-state index contributed by atoms with van der Waals surface area (Å²) in [6.45, 7) is 5.92. The molecule has 7 nitrogen and oxygen atoms in total. The topological polar surface area (TPSA) is 64.3 Å². The van der Waals surface area contributed by atoms with E-state index in [0.29, 0.717) is 30.8 Å². The average molecular weight is 413 g/mol. The number of carbonyl (C=O) groups is 1. The minimum absolute atomic E-state index is 0.00498. The number of hydrogen-bond acceptors (Lipinski definition) is 5. The lowest BCUT2D eigenvalue weighted by Crippen LogP contribution is -2.47. The molecule has 1 saturated heterocycles. The van der Waals surface area contributed by atoms with E-state index in [1.165, 1.54) is 12.1 Å². The van der Waals surface area contributed by atoms with Crippen molar-refractivity contribution in [2.24, 2.45) is 12.2 Å². The Kier molecular flexibility index (Phi) is 6.03. The summed E-state index contributed by atoms with van der Waals surface area (Å²) in [6.07, 6.45) is 5.09. The number of halogens is 1. The van der Waals surface area contributed by atoms with Crippen LogP contribution < -0.4 is 4.90 Å². The van der Waals surface area contributed by atoms with Gasteiger partial charge in [-0.15, -0.1) is 0 Å². The van der Waals surface area contributed by atoms with Gasteiger partial charge < -0.3 is 19.6 Å². The van der Waals surface area contributed by atoms with Crippen LogP contribution in [0.2, 0.25) is 0 Å². The Morgan fingerprint density at radius 2 is 1.70 bits per heavy atom. The molecule has 1 aromatic carbocycles. The molecule has 1 fully saturated rings. The molecule has 0 bridgehead atoms. The number of oxime groups is 1. The maximum absolute atomic E-state index is 13.1. The van der Waals surface area contributed by atoms with Crippen LogP contribution in [0.1, 0.15) is 28.8 Å². The number of anilines is 1. The molecule has 0 saturated carbocycles. The third kappa shape index (κ3) is 4.33. The Balaban J connectivity index is 1.28. The first kappa shape index (κ1) is 20.4. The van der Waals surface area contributed by atoms with E-state index >= 15 is 0 Å². The van der Waals surface area contributed by atoms with Crippen LogP contribution >= 0.6 is 0 Å². The highest BCUT2D eigenvalue weighted by Crippen LogP contribution is 2.21. The fourth-order valence-corrected chi connectivity index (χ4v) is 4.32. The molecule has 2 aliphatic heterocycles. The summed E-state index contributed by atoms with van der Waals surface area (Å²) < 4.78 is 14.9. The lowest BCUT2D eigenvalue weighted by atomic mass is 10.1. The Labute approximate surface area is 176 Å². The highest BCUT2D eigenvalue weighted by atomic mass is 19.1. The zero-order valence-corrected chi connectivity index (χ0v) is 17.3. The van der Waals surface area contributed by atoms with Gasteiger partial charge in [0.1, 0.15) is 5.82 Å². The number of benzene rings is 1. The van der Waals surface area contributed by atoms with Gasteiger partial charge in [-0.3, -0.25) is 9.69 Å². The van der Waals surface area contributed by atoms with Crippen LogP contribution in [0.4, 0.5) is 10.1 Å². The van der Waals surface area contributed by atoms with Crippen LogP contribution in [0.25, 0.3) is 0 Å². The summed E-state index contributed by atoms with van der Waals surface area (Å²) >= 11 is 0. The first-order valence-electron chi connectivity index (χ1n) is 10.4. The quantitative estimate of drug-likeness (QED) is 0.604. The average Bonchev–Trinajstić information content (AvgIpc) is 3.10. The van der Waals surface area contributed by atoms with E-state index in [1.54, 1.807) is 6.20 Å². The molecule has 0 atom stereocenters. The van der Waals surface area contributed by atoms with Crippen molar-refractivity contribution in [2.45, 2.75) is 12.8 Å². The van der Waals surface area contributed by atoms with Crippen LogP contribution in [-0.2, 0) is 7.05 Å². The second-order valence-electron chi connectivity index (χ2n) is 8.00. The molecule has 0 spiro atoms. The highest BCUT2D eigenvalue weighted by molar-refractivity contribution is 6.11. The van der Waals surface area contributed by atoms with E-state index in [9.17, 15) is 14.4 Å². The summed E-state index contributed by atoms with van der Waals surface area (Å²) in [5.74, 6) is -0.203. The SMILES string of the molecule is Cn1cc2c(c1)/C(=N/O)CCN(CCCN1CCN(c3ccc(F)cc3)CC1)C2=O. The first-order valence-corrected chi connectivity index (χ1v) is 10.4. The smallest absolute Gasteiger partial charge is 0.256 e. The largest absolute Gasteiger partial charge is 0.411 e. The Morgan fingerprint density at radius 1 is 1.00 bits per heavy atom. The van der Waals surface area contributed by atoms with E-state index in [1.807, 2.05) is 34.8 Å². The fourth-order valence-electron chi connectivity index (χ4n) is 4.32. The third-order valence-corrected chi connectivity index (χ3v) is 5.99. The molecular formula is C22H28FN5O2. The molecule has 8 heteroatoms. The van der Waals surface area contributed by atoms with Crippen LogP contribution in [0.5, 0.6) is 0 Å². The molecule has 160 valence electrons. The summed E-state index contributed by atoms with van der Waals surface area (Å²) in [5, 5.41) is 12.7. The van der Waals surface area contributed by atoms with Crippen molar-refractivity contribution in [1.29, 1.82) is 0 Å². The number of amides is 1. The van der Waals surface area contributed by atoms with E-state index in [0.717, 1.165) is 50.4 Å². The zero-order chi connectivity index (χ0) is 21.1. The van der Waals surface area contributed by atoms with Gasteiger partial charge in [0.15, 0.2) is 0 Å². The summed E-state index contributed by atoms with van der Waals surface area (Å²) in [5.41, 5.74) is 2.96. The Morgan fingerprint density at radius 3 is 2.40 bits per heavy atom. The van der Waals surface area contributed by atoms with Crippen molar-refractivity contribution in [3.63, 3.8) is 0 Å². The Hall–Kier alpha value is -2.87. The van der Waals surface area contributed by atoms with Gasteiger partial charge >= 0.3 is 0 Å². The van der Waals surface area contributed by atoms with Gasteiger partial charge in [0.25, 0.3) is 5.91 Å². The second-order valence-corrected chi connectivity index (χ2v) is 8.00. The van der Waals surface area contributed by atoms with Gasteiger partial charge in [0, 0.05) is 76.4 Å². The molecule has 1 aromatic heterocycles. The molecule has 4 rings (SSSR count). The van der Waals surface area contributed by atoms with Crippen molar-refractivity contribution < 1.29 is 14.4 Å². The fraction of sp³-hybridized carbons (Fsp3) is 0.455. The number of piperazine rings is 1. The molecule has 1 N–H and O–H groups in total. The lowest BCUT2D eigenvalue weighted by molar-refractivity contribution is 0.0755. The number of rotatable bonds is 5. The van der Waals surface area contributed by atoms with Gasteiger partial charge in [-0.05, 0) is 37.2 Å². The summed E-state index contributed by atoms with van der Waals surface area (Å²) in [7, 11) is 1.87.